The van der Waals surface area contributed by atoms with Crippen molar-refractivity contribution in [3.05, 3.63) is 59.7 Å². The van der Waals surface area contributed by atoms with Gasteiger partial charge in [0.05, 0.1) is 18.0 Å². The minimum atomic E-state index is -0.389. The molecule has 0 spiro atoms. The summed E-state index contributed by atoms with van der Waals surface area (Å²) >= 11 is 1.32. The molecule has 6 heteroatoms. The molecular weight excluding hydrogens is 394 g/mol. The SMILES string of the molecule is CC(C)[C@H](NCC(=O)Nc1ccccc1SCC(N)=O)c1ccc(C(C)(C)C)cc1. The van der Waals surface area contributed by atoms with E-state index >= 15 is 0 Å². The molecule has 0 aromatic heterocycles. The van der Waals surface area contributed by atoms with E-state index in [1.165, 1.54) is 22.9 Å². The van der Waals surface area contributed by atoms with Gasteiger partial charge in [0.1, 0.15) is 0 Å². The fourth-order valence-corrected chi connectivity index (χ4v) is 3.92. The molecule has 0 unspecified atom stereocenters. The summed E-state index contributed by atoms with van der Waals surface area (Å²) in [6.45, 7) is 11.1. The summed E-state index contributed by atoms with van der Waals surface area (Å²) in [5.74, 6) is -0.0127. The van der Waals surface area contributed by atoms with E-state index in [-0.39, 0.29) is 35.6 Å². The van der Waals surface area contributed by atoms with Crippen molar-refractivity contribution in [1.29, 1.82) is 0 Å². The topological polar surface area (TPSA) is 84.2 Å². The number of nitrogens with one attached hydrogen (secondary N) is 2. The number of carbonyl (C=O) groups excluding carboxylic acids is 2. The van der Waals surface area contributed by atoms with Crippen molar-refractivity contribution in [3.8, 4) is 0 Å². The first kappa shape index (κ1) is 24.0. The van der Waals surface area contributed by atoms with Gasteiger partial charge in [0.25, 0.3) is 0 Å². The van der Waals surface area contributed by atoms with E-state index in [0.717, 1.165) is 4.90 Å². The van der Waals surface area contributed by atoms with Gasteiger partial charge in [-0.15, -0.1) is 11.8 Å². The molecule has 4 N–H and O–H groups in total. The third kappa shape index (κ3) is 7.18. The van der Waals surface area contributed by atoms with Crippen LogP contribution >= 0.6 is 11.8 Å². The van der Waals surface area contributed by atoms with Crippen molar-refractivity contribution in [2.75, 3.05) is 17.6 Å². The fraction of sp³-hybridized carbons (Fsp3) is 0.417. The maximum atomic E-state index is 12.6. The Morgan fingerprint density at radius 2 is 1.67 bits per heavy atom. The smallest absolute Gasteiger partial charge is 0.238 e. The van der Waals surface area contributed by atoms with E-state index in [1.54, 1.807) is 0 Å². The van der Waals surface area contributed by atoms with E-state index in [9.17, 15) is 9.59 Å². The van der Waals surface area contributed by atoms with Crippen molar-refractivity contribution in [3.63, 3.8) is 0 Å². The Morgan fingerprint density at radius 1 is 1.03 bits per heavy atom. The lowest BCUT2D eigenvalue weighted by atomic mass is 9.85. The molecule has 2 amide bonds. The highest BCUT2D eigenvalue weighted by Crippen LogP contribution is 2.28. The minimum absolute atomic E-state index is 0.0734. The molecule has 2 aromatic carbocycles. The highest BCUT2D eigenvalue weighted by atomic mass is 32.2. The summed E-state index contributed by atoms with van der Waals surface area (Å²) in [4.78, 5) is 24.5. The fourth-order valence-electron chi connectivity index (χ4n) is 3.17. The van der Waals surface area contributed by atoms with E-state index in [4.69, 9.17) is 5.73 Å². The van der Waals surface area contributed by atoms with E-state index < -0.39 is 0 Å². The predicted octanol–water partition coefficient (Wildman–Crippen LogP) is 4.49. The molecule has 0 aliphatic carbocycles. The average molecular weight is 428 g/mol. The third-order valence-electron chi connectivity index (χ3n) is 4.82. The summed E-state index contributed by atoms with van der Waals surface area (Å²) in [5.41, 5.74) is 8.49. The molecule has 0 bridgehead atoms. The van der Waals surface area contributed by atoms with Crippen LogP contribution in [0.2, 0.25) is 0 Å². The van der Waals surface area contributed by atoms with Gasteiger partial charge in [-0.1, -0.05) is 71.0 Å². The number of hydrogen-bond donors (Lipinski definition) is 3. The molecule has 0 fully saturated rings. The van der Waals surface area contributed by atoms with E-state index in [1.807, 2.05) is 24.3 Å². The Morgan fingerprint density at radius 3 is 2.23 bits per heavy atom. The minimum Gasteiger partial charge on any atom is -0.369 e. The Kier molecular flexibility index (Phi) is 8.50. The summed E-state index contributed by atoms with van der Waals surface area (Å²) in [6, 6.07) is 16.1. The highest BCUT2D eigenvalue weighted by molar-refractivity contribution is 8.00. The van der Waals surface area contributed by atoms with Crippen molar-refractivity contribution in [2.24, 2.45) is 11.7 Å². The molecule has 0 saturated heterocycles. The lowest BCUT2D eigenvalue weighted by Crippen LogP contribution is -2.33. The monoisotopic (exact) mass is 427 g/mol. The number of nitrogens with two attached hydrogens (primary N) is 1. The number of para-hydroxylation sites is 1. The number of primary amides is 1. The summed E-state index contributed by atoms with van der Waals surface area (Å²) in [7, 11) is 0. The number of carbonyl (C=O) groups is 2. The van der Waals surface area contributed by atoms with Gasteiger partial charge in [0.15, 0.2) is 0 Å². The molecule has 0 heterocycles. The van der Waals surface area contributed by atoms with Crippen molar-refractivity contribution in [2.45, 2.75) is 51.0 Å². The Hall–Kier alpha value is -2.31. The molecule has 0 radical (unpaired) electrons. The summed E-state index contributed by atoms with van der Waals surface area (Å²) in [6.07, 6.45) is 0. The second-order valence-electron chi connectivity index (χ2n) is 8.77. The molecule has 0 aliphatic heterocycles. The number of rotatable bonds is 9. The molecule has 5 nitrogen and oxygen atoms in total. The van der Waals surface area contributed by atoms with Crippen molar-refractivity contribution < 1.29 is 9.59 Å². The maximum Gasteiger partial charge on any atom is 0.238 e. The predicted molar refractivity (Wildman–Crippen MR) is 126 cm³/mol. The number of thioether (sulfide) groups is 1. The number of benzene rings is 2. The largest absolute Gasteiger partial charge is 0.369 e. The van der Waals surface area contributed by atoms with Gasteiger partial charge in [-0.25, -0.2) is 0 Å². The first-order valence-corrected chi connectivity index (χ1v) is 11.2. The van der Waals surface area contributed by atoms with Crippen LogP contribution in [0.3, 0.4) is 0 Å². The van der Waals surface area contributed by atoms with Crippen LogP contribution in [-0.2, 0) is 15.0 Å². The molecule has 2 rings (SSSR count). The maximum absolute atomic E-state index is 12.6. The van der Waals surface area contributed by atoms with Crippen LogP contribution in [0.15, 0.2) is 53.4 Å². The van der Waals surface area contributed by atoms with Crippen LogP contribution in [0.5, 0.6) is 0 Å². The molecular formula is C24H33N3O2S. The lowest BCUT2D eigenvalue weighted by molar-refractivity contribution is -0.116. The van der Waals surface area contributed by atoms with Gasteiger partial charge in [-0.05, 0) is 34.6 Å². The van der Waals surface area contributed by atoms with Crippen LogP contribution in [0.4, 0.5) is 5.69 Å². The Labute approximate surface area is 184 Å². The van der Waals surface area contributed by atoms with Crippen LogP contribution in [-0.4, -0.2) is 24.1 Å². The molecule has 0 aliphatic rings. The third-order valence-corrected chi connectivity index (χ3v) is 5.91. The van der Waals surface area contributed by atoms with Crippen LogP contribution < -0.4 is 16.4 Å². The number of hydrogen-bond acceptors (Lipinski definition) is 4. The zero-order valence-electron chi connectivity index (χ0n) is 18.5. The van der Waals surface area contributed by atoms with Gasteiger partial charge in [0, 0.05) is 10.9 Å². The first-order valence-electron chi connectivity index (χ1n) is 10.2. The Balaban J connectivity index is 2.02. The van der Waals surface area contributed by atoms with E-state index in [2.05, 4.69) is 69.5 Å². The second-order valence-corrected chi connectivity index (χ2v) is 9.79. The standard InChI is InChI=1S/C24H33N3O2S/c1-16(2)23(17-10-12-18(13-11-17)24(3,4)5)26-14-22(29)27-19-8-6-7-9-20(19)30-15-21(25)28/h6-13,16,23,26H,14-15H2,1-5H3,(H2,25,28)(H,27,29)/t23-/m0/s1. The van der Waals surface area contributed by atoms with Gasteiger partial charge in [0.2, 0.25) is 11.8 Å². The highest BCUT2D eigenvalue weighted by Gasteiger charge is 2.19. The molecule has 30 heavy (non-hydrogen) atoms. The van der Waals surface area contributed by atoms with Gasteiger partial charge < -0.3 is 16.4 Å². The quantitative estimate of drug-likeness (QED) is 0.515. The summed E-state index contributed by atoms with van der Waals surface area (Å²) < 4.78 is 0. The molecule has 1 atom stereocenters. The van der Waals surface area contributed by atoms with Crippen molar-refractivity contribution in [1.82, 2.24) is 5.32 Å². The first-order chi connectivity index (χ1) is 14.1. The van der Waals surface area contributed by atoms with Crippen molar-refractivity contribution >= 4 is 29.3 Å². The zero-order valence-corrected chi connectivity index (χ0v) is 19.3. The lowest BCUT2D eigenvalue weighted by Gasteiger charge is -2.25. The van der Waals surface area contributed by atoms with Crippen LogP contribution in [0.25, 0.3) is 0 Å². The zero-order chi connectivity index (χ0) is 22.3. The normalized spacial score (nSPS) is 12.6. The van der Waals surface area contributed by atoms with Crippen LogP contribution in [0, 0.1) is 5.92 Å². The van der Waals surface area contributed by atoms with E-state index in [0.29, 0.717) is 11.6 Å². The van der Waals surface area contributed by atoms with Gasteiger partial charge in [-0.3, -0.25) is 9.59 Å². The summed E-state index contributed by atoms with van der Waals surface area (Å²) in [5, 5.41) is 6.33. The molecule has 162 valence electrons. The number of anilines is 1. The van der Waals surface area contributed by atoms with Gasteiger partial charge in [-0.2, -0.15) is 0 Å². The Bertz CT molecular complexity index is 857. The number of amides is 2. The molecule has 0 saturated carbocycles. The van der Waals surface area contributed by atoms with Crippen LogP contribution in [0.1, 0.15) is 51.8 Å². The van der Waals surface area contributed by atoms with Gasteiger partial charge >= 0.3 is 0 Å². The average Bonchev–Trinajstić information content (AvgIpc) is 2.67. The second kappa shape index (κ2) is 10.6. The molecule has 2 aromatic rings.